The van der Waals surface area contributed by atoms with Crippen molar-refractivity contribution in [1.82, 2.24) is 5.32 Å². The minimum absolute atomic E-state index is 0.0469. The molecule has 22 heavy (non-hydrogen) atoms. The quantitative estimate of drug-likeness (QED) is 0.387. The topological polar surface area (TPSA) is 138 Å². The van der Waals surface area contributed by atoms with E-state index in [1.807, 2.05) is 0 Å². The molecule has 0 aromatic heterocycles. The summed E-state index contributed by atoms with van der Waals surface area (Å²) in [7, 11) is 3.33. The van der Waals surface area contributed by atoms with Crippen LogP contribution in [0.5, 0.6) is 0 Å². The van der Waals surface area contributed by atoms with Crippen LogP contribution < -0.4 is 22.5 Å². The molecule has 0 amide bonds. The number of ether oxygens (including phenoxy) is 3. The molecule has 1 aliphatic carbocycles. The van der Waals surface area contributed by atoms with Crippen LogP contribution in [0.2, 0.25) is 0 Å². The number of rotatable bonds is 5. The Morgan fingerprint density at radius 3 is 2.59 bits per heavy atom. The summed E-state index contributed by atoms with van der Waals surface area (Å²) in [6.45, 7) is 0.438. The van der Waals surface area contributed by atoms with Crippen LogP contribution in [0.25, 0.3) is 0 Å². The molecule has 8 nitrogen and oxygen atoms in total. The highest BCUT2D eigenvalue weighted by molar-refractivity contribution is 5.00. The summed E-state index contributed by atoms with van der Waals surface area (Å²) in [6, 6.07) is -0.840. The van der Waals surface area contributed by atoms with E-state index in [0.29, 0.717) is 13.0 Å². The van der Waals surface area contributed by atoms with E-state index >= 15 is 0 Å². The number of nitrogens with two attached hydrogens (primary N) is 3. The third kappa shape index (κ3) is 3.77. The summed E-state index contributed by atoms with van der Waals surface area (Å²) in [4.78, 5) is 0. The summed E-state index contributed by atoms with van der Waals surface area (Å²) in [5.41, 5.74) is 18.0. The monoisotopic (exact) mass is 318 g/mol. The lowest BCUT2D eigenvalue weighted by molar-refractivity contribution is -0.242. The van der Waals surface area contributed by atoms with E-state index < -0.39 is 18.5 Å². The van der Waals surface area contributed by atoms with Gasteiger partial charge < -0.3 is 41.8 Å². The van der Waals surface area contributed by atoms with E-state index in [4.69, 9.17) is 31.4 Å². The van der Waals surface area contributed by atoms with Crippen molar-refractivity contribution in [2.24, 2.45) is 17.2 Å². The summed E-state index contributed by atoms with van der Waals surface area (Å²) >= 11 is 0. The Bertz CT molecular complexity index is 349. The van der Waals surface area contributed by atoms with Gasteiger partial charge in [0, 0.05) is 19.7 Å². The van der Waals surface area contributed by atoms with Gasteiger partial charge in [0.1, 0.15) is 0 Å². The van der Waals surface area contributed by atoms with Crippen LogP contribution in [0.1, 0.15) is 19.3 Å². The number of hydrogen-bond donors (Lipinski definition) is 5. The zero-order valence-electron chi connectivity index (χ0n) is 13.4. The first-order valence-electron chi connectivity index (χ1n) is 7.92. The minimum atomic E-state index is -0.704. The van der Waals surface area contributed by atoms with E-state index in [-0.39, 0.29) is 30.3 Å². The third-order valence-electron chi connectivity index (χ3n) is 4.72. The fourth-order valence-corrected chi connectivity index (χ4v) is 3.32. The van der Waals surface area contributed by atoms with Crippen LogP contribution in [0.4, 0.5) is 0 Å². The van der Waals surface area contributed by atoms with Crippen LogP contribution in [0.3, 0.4) is 0 Å². The molecule has 0 spiro atoms. The molecule has 1 saturated carbocycles. The molecule has 2 rings (SSSR count). The molecule has 0 aromatic carbocycles. The Labute approximate surface area is 131 Å². The zero-order valence-corrected chi connectivity index (χ0v) is 13.4. The van der Waals surface area contributed by atoms with Gasteiger partial charge in [0.15, 0.2) is 6.29 Å². The van der Waals surface area contributed by atoms with Gasteiger partial charge in [-0.25, -0.2) is 0 Å². The number of hydrogen-bond acceptors (Lipinski definition) is 8. The van der Waals surface area contributed by atoms with E-state index in [0.717, 1.165) is 12.8 Å². The molecule has 8 atom stereocenters. The maximum Gasteiger partial charge on any atom is 0.173 e. The summed E-state index contributed by atoms with van der Waals surface area (Å²) in [5.74, 6) is 0. The normalized spacial score (nSPS) is 46.6. The van der Waals surface area contributed by atoms with Crippen LogP contribution in [-0.4, -0.2) is 74.6 Å². The second-order valence-electron chi connectivity index (χ2n) is 6.18. The highest BCUT2D eigenvalue weighted by Gasteiger charge is 2.45. The summed E-state index contributed by atoms with van der Waals surface area (Å²) in [5, 5.41) is 13.5. The Morgan fingerprint density at radius 2 is 2.00 bits per heavy atom. The lowest BCUT2D eigenvalue weighted by Gasteiger charge is -2.45. The van der Waals surface area contributed by atoms with Gasteiger partial charge >= 0.3 is 0 Å². The van der Waals surface area contributed by atoms with Gasteiger partial charge in [0.2, 0.25) is 0 Å². The average molecular weight is 318 g/mol. The Hall–Kier alpha value is -0.320. The molecule has 8 N–H and O–H groups in total. The molecular formula is C14H30N4O4. The Balaban J connectivity index is 2.05. The highest BCUT2D eigenvalue weighted by atomic mass is 16.7. The summed E-state index contributed by atoms with van der Waals surface area (Å²) < 4.78 is 17.2. The van der Waals surface area contributed by atoms with Crippen molar-refractivity contribution >= 4 is 0 Å². The van der Waals surface area contributed by atoms with Gasteiger partial charge in [-0.05, 0) is 26.3 Å². The molecular weight excluding hydrogens is 288 g/mol. The largest absolute Gasteiger partial charge is 0.389 e. The summed E-state index contributed by atoms with van der Waals surface area (Å²) in [6.07, 6.45) is 0.117. The SMILES string of the molecule is CNC1C(O)C(OC)CC(N)C1OC1OC(CN)CCC1N. The van der Waals surface area contributed by atoms with Gasteiger partial charge in [0.05, 0.1) is 36.5 Å². The van der Waals surface area contributed by atoms with Crippen molar-refractivity contribution in [3.8, 4) is 0 Å². The van der Waals surface area contributed by atoms with Crippen LogP contribution in [0.15, 0.2) is 0 Å². The molecule has 0 bridgehead atoms. The first-order valence-corrected chi connectivity index (χ1v) is 7.92. The Kier molecular flexibility index (Phi) is 6.54. The van der Waals surface area contributed by atoms with Gasteiger partial charge in [-0.1, -0.05) is 0 Å². The standard InChI is InChI=1S/C14H30N4O4/c1-18-11-12(19)10(20-2)5-9(17)13(11)22-14-8(16)4-3-7(6-15)21-14/h7-14,18-19H,3-6,15-17H2,1-2H3. The highest BCUT2D eigenvalue weighted by Crippen LogP contribution is 2.27. The van der Waals surface area contributed by atoms with Crippen molar-refractivity contribution in [2.45, 2.75) is 68.1 Å². The fourth-order valence-electron chi connectivity index (χ4n) is 3.32. The van der Waals surface area contributed by atoms with Crippen LogP contribution in [-0.2, 0) is 14.2 Å². The van der Waals surface area contributed by atoms with Crippen molar-refractivity contribution in [2.75, 3.05) is 20.7 Å². The molecule has 0 aromatic rings. The smallest absolute Gasteiger partial charge is 0.173 e. The molecule has 8 unspecified atom stereocenters. The van der Waals surface area contributed by atoms with Gasteiger partial charge in [-0.3, -0.25) is 0 Å². The molecule has 1 heterocycles. The van der Waals surface area contributed by atoms with Crippen molar-refractivity contribution in [3.63, 3.8) is 0 Å². The predicted molar refractivity (Wildman–Crippen MR) is 82.0 cm³/mol. The maximum absolute atomic E-state index is 10.4. The number of aliphatic hydroxyl groups is 1. The second kappa shape index (κ2) is 7.98. The van der Waals surface area contributed by atoms with E-state index in [2.05, 4.69) is 5.32 Å². The third-order valence-corrected chi connectivity index (χ3v) is 4.72. The fraction of sp³-hybridized carbons (Fsp3) is 1.00. The van der Waals surface area contributed by atoms with E-state index in [1.54, 1.807) is 14.2 Å². The lowest BCUT2D eigenvalue weighted by atomic mass is 9.84. The average Bonchev–Trinajstić information content (AvgIpc) is 2.52. The zero-order chi connectivity index (χ0) is 16.3. The first-order chi connectivity index (χ1) is 10.5. The Morgan fingerprint density at radius 1 is 1.27 bits per heavy atom. The molecule has 8 heteroatoms. The minimum Gasteiger partial charge on any atom is -0.389 e. The molecule has 130 valence electrons. The van der Waals surface area contributed by atoms with E-state index in [1.165, 1.54) is 0 Å². The number of nitrogens with one attached hydrogen (secondary N) is 1. The number of methoxy groups -OCH3 is 1. The van der Waals surface area contributed by atoms with Crippen molar-refractivity contribution < 1.29 is 19.3 Å². The molecule has 0 radical (unpaired) electrons. The molecule has 2 aliphatic rings. The predicted octanol–water partition coefficient (Wildman–Crippen LogP) is -2.14. The lowest BCUT2D eigenvalue weighted by Crippen LogP contribution is -2.66. The van der Waals surface area contributed by atoms with Crippen molar-refractivity contribution in [1.29, 1.82) is 0 Å². The molecule has 1 saturated heterocycles. The molecule has 2 fully saturated rings. The molecule has 1 aliphatic heterocycles. The number of likely N-dealkylation sites (N-methyl/N-ethyl adjacent to an activating group) is 1. The van der Waals surface area contributed by atoms with Gasteiger partial charge in [-0.2, -0.15) is 0 Å². The van der Waals surface area contributed by atoms with Gasteiger partial charge in [-0.15, -0.1) is 0 Å². The number of aliphatic hydroxyl groups excluding tert-OH is 1. The second-order valence-corrected chi connectivity index (χ2v) is 6.18. The maximum atomic E-state index is 10.4. The van der Waals surface area contributed by atoms with Crippen LogP contribution >= 0.6 is 0 Å². The van der Waals surface area contributed by atoms with Crippen molar-refractivity contribution in [3.05, 3.63) is 0 Å². The van der Waals surface area contributed by atoms with E-state index in [9.17, 15) is 5.11 Å². The van der Waals surface area contributed by atoms with Crippen LogP contribution in [0, 0.1) is 0 Å². The first kappa shape index (κ1) is 18.0. The van der Waals surface area contributed by atoms with Gasteiger partial charge in [0.25, 0.3) is 0 Å².